The average Bonchev–Trinajstić information content (AvgIpc) is 2.36. The van der Waals surface area contributed by atoms with Gasteiger partial charge in [0.15, 0.2) is 0 Å². The molecule has 0 spiro atoms. The van der Waals surface area contributed by atoms with Crippen molar-refractivity contribution in [2.45, 2.75) is 13.0 Å². The molecule has 0 amide bonds. The van der Waals surface area contributed by atoms with Crippen LogP contribution in [0.3, 0.4) is 0 Å². The maximum atomic E-state index is 10.3. The molecule has 0 saturated heterocycles. The summed E-state index contributed by atoms with van der Waals surface area (Å²) in [5, 5.41) is 10.3. The molecule has 10 heavy (non-hydrogen) atoms. The number of carbonyl (C=O) groups excluding carboxylic acids is 1. The molecule has 1 rings (SSSR count). The van der Waals surface area contributed by atoms with Gasteiger partial charge in [0.25, 0.3) is 0 Å². The Bertz CT molecular complexity index is 216. The van der Waals surface area contributed by atoms with Gasteiger partial charge in [-0.2, -0.15) is 0 Å². The van der Waals surface area contributed by atoms with Crippen molar-refractivity contribution < 1.29 is 9.90 Å². The van der Waals surface area contributed by atoms with E-state index in [0.717, 1.165) is 0 Å². The molecule has 1 aromatic rings. The van der Waals surface area contributed by atoms with E-state index in [-0.39, 0.29) is 0 Å². The number of carbonyl (C=O) groups is 1. The summed E-state index contributed by atoms with van der Waals surface area (Å²) >= 11 is 0. The summed E-state index contributed by atoms with van der Waals surface area (Å²) in [6, 6.07) is 2.98. The Kier molecular flexibility index (Phi) is 1.76. The van der Waals surface area contributed by atoms with Crippen LogP contribution >= 0.6 is 0 Å². The first kappa shape index (κ1) is 6.86. The highest BCUT2D eigenvalue weighted by atomic mass is 16.4. The summed E-state index contributed by atoms with van der Waals surface area (Å²) in [6.07, 6.45) is 3.39. The maximum Gasteiger partial charge on any atom is 0.0696 e. The Morgan fingerprint density at radius 3 is 2.40 bits per heavy atom. The molecular weight excluding hydrogens is 130 g/mol. The number of hydrogen-bond acceptors (Lipinski definition) is 2. The fourth-order valence-electron chi connectivity index (χ4n) is 0.728. The molecule has 0 aliphatic heterocycles. The second kappa shape index (κ2) is 2.56. The van der Waals surface area contributed by atoms with Crippen LogP contribution in [0.15, 0.2) is 24.5 Å². The molecule has 0 fully saturated rings. The molecule has 3 nitrogen and oxygen atoms in total. The fraction of sp³-hybridized carbons (Fsp3) is 0.286. The topological polar surface area (TPSA) is 45.1 Å². The Morgan fingerprint density at radius 1 is 1.50 bits per heavy atom. The molecule has 1 aromatic heterocycles. The lowest BCUT2D eigenvalue weighted by atomic mass is 10.3. The van der Waals surface area contributed by atoms with Crippen LogP contribution in [-0.4, -0.2) is 10.5 Å². The van der Waals surface area contributed by atoms with Gasteiger partial charge < -0.3 is 14.5 Å². The smallest absolute Gasteiger partial charge is 0.0696 e. The third-order valence-electron chi connectivity index (χ3n) is 1.42. The lowest BCUT2D eigenvalue weighted by Crippen LogP contribution is -2.30. The predicted molar refractivity (Wildman–Crippen MR) is 34.1 cm³/mol. The average molecular weight is 138 g/mol. The van der Waals surface area contributed by atoms with Gasteiger partial charge in [-0.1, -0.05) is 0 Å². The first-order valence-electron chi connectivity index (χ1n) is 3.05. The highest BCUT2D eigenvalue weighted by Crippen LogP contribution is 2.02. The minimum absolute atomic E-state index is 0.574. The third-order valence-corrected chi connectivity index (χ3v) is 1.42. The van der Waals surface area contributed by atoms with E-state index in [9.17, 15) is 9.90 Å². The Balaban J connectivity index is 2.77. The number of hydrogen-bond donors (Lipinski definition) is 0. The molecule has 1 heterocycles. The molecule has 0 bridgehead atoms. The third kappa shape index (κ3) is 1.18. The van der Waals surface area contributed by atoms with Gasteiger partial charge in [-0.05, 0) is 19.1 Å². The largest absolute Gasteiger partial charge is 0.548 e. The van der Waals surface area contributed by atoms with E-state index in [0.29, 0.717) is 0 Å². The van der Waals surface area contributed by atoms with Crippen LogP contribution in [0.5, 0.6) is 0 Å². The van der Waals surface area contributed by atoms with Gasteiger partial charge in [0.1, 0.15) is 0 Å². The summed E-state index contributed by atoms with van der Waals surface area (Å²) in [5.41, 5.74) is 0. The van der Waals surface area contributed by atoms with Crippen LogP contribution < -0.4 is 5.11 Å². The van der Waals surface area contributed by atoms with Gasteiger partial charge in [-0.3, -0.25) is 0 Å². The molecule has 3 heteroatoms. The molecule has 0 aliphatic rings. The summed E-state index contributed by atoms with van der Waals surface area (Å²) in [4.78, 5) is 10.3. The van der Waals surface area contributed by atoms with Crippen molar-refractivity contribution in [2.24, 2.45) is 0 Å². The van der Waals surface area contributed by atoms with Gasteiger partial charge in [-0.25, -0.2) is 0 Å². The lowest BCUT2D eigenvalue weighted by molar-refractivity contribution is -0.309. The zero-order valence-corrected chi connectivity index (χ0v) is 5.65. The molecular formula is C7H8NO2-. The number of rotatable bonds is 2. The van der Waals surface area contributed by atoms with Crippen molar-refractivity contribution in [3.8, 4) is 0 Å². The van der Waals surface area contributed by atoms with Crippen molar-refractivity contribution in [1.29, 1.82) is 0 Å². The standard InChI is InChI=1S/C7H9NO2/c1-6(7(9)10)8-4-2-3-5-8/h2-6H,1H3,(H,9,10)/p-1/t6-/m1/s1. The van der Waals surface area contributed by atoms with E-state index < -0.39 is 12.0 Å². The Hall–Kier alpha value is -1.25. The number of aromatic nitrogens is 1. The summed E-state index contributed by atoms with van der Waals surface area (Å²) in [6.45, 7) is 1.58. The minimum atomic E-state index is -1.06. The molecule has 0 aromatic carbocycles. The second-order valence-electron chi connectivity index (χ2n) is 2.13. The van der Waals surface area contributed by atoms with E-state index in [1.807, 2.05) is 0 Å². The minimum Gasteiger partial charge on any atom is -0.548 e. The number of carboxylic acid groups (broad SMARTS) is 1. The fourth-order valence-corrected chi connectivity index (χ4v) is 0.728. The molecule has 0 N–H and O–H groups in total. The first-order valence-corrected chi connectivity index (χ1v) is 3.05. The molecule has 1 atom stereocenters. The zero-order chi connectivity index (χ0) is 7.56. The van der Waals surface area contributed by atoms with Crippen molar-refractivity contribution in [3.05, 3.63) is 24.5 Å². The van der Waals surface area contributed by atoms with Gasteiger partial charge in [-0.15, -0.1) is 0 Å². The van der Waals surface area contributed by atoms with Crippen LogP contribution in [0, 0.1) is 0 Å². The highest BCUT2D eigenvalue weighted by Gasteiger charge is 2.01. The van der Waals surface area contributed by atoms with Gasteiger partial charge in [0.2, 0.25) is 0 Å². The van der Waals surface area contributed by atoms with E-state index in [2.05, 4.69) is 0 Å². The number of carboxylic acids is 1. The van der Waals surface area contributed by atoms with Crippen molar-refractivity contribution in [1.82, 2.24) is 4.57 Å². The van der Waals surface area contributed by atoms with Gasteiger partial charge >= 0.3 is 0 Å². The van der Waals surface area contributed by atoms with Crippen LogP contribution in [-0.2, 0) is 4.79 Å². The van der Waals surface area contributed by atoms with E-state index in [4.69, 9.17) is 0 Å². The first-order chi connectivity index (χ1) is 4.72. The van der Waals surface area contributed by atoms with Crippen LogP contribution in [0.2, 0.25) is 0 Å². The molecule has 0 aliphatic carbocycles. The Labute approximate surface area is 58.9 Å². The van der Waals surface area contributed by atoms with Crippen LogP contribution in [0.1, 0.15) is 13.0 Å². The normalized spacial score (nSPS) is 12.9. The predicted octanol–water partition coefficient (Wildman–Crippen LogP) is -0.201. The molecule has 0 radical (unpaired) electrons. The number of nitrogens with zero attached hydrogens (tertiary/aromatic N) is 1. The lowest BCUT2D eigenvalue weighted by Gasteiger charge is -2.13. The van der Waals surface area contributed by atoms with Gasteiger partial charge in [0, 0.05) is 12.4 Å². The summed E-state index contributed by atoms with van der Waals surface area (Å²) in [5.74, 6) is -1.06. The van der Waals surface area contributed by atoms with E-state index in [1.165, 1.54) is 0 Å². The SMILES string of the molecule is C[C@H](C(=O)[O-])n1cccc1. The quantitative estimate of drug-likeness (QED) is 0.568. The molecule has 0 saturated carbocycles. The maximum absolute atomic E-state index is 10.3. The summed E-state index contributed by atoms with van der Waals surface area (Å²) in [7, 11) is 0. The van der Waals surface area contributed by atoms with Crippen molar-refractivity contribution >= 4 is 5.97 Å². The van der Waals surface area contributed by atoms with Gasteiger partial charge in [0.05, 0.1) is 12.0 Å². The zero-order valence-electron chi connectivity index (χ0n) is 5.65. The molecule has 0 unspecified atom stereocenters. The van der Waals surface area contributed by atoms with E-state index >= 15 is 0 Å². The van der Waals surface area contributed by atoms with Crippen molar-refractivity contribution in [3.63, 3.8) is 0 Å². The highest BCUT2D eigenvalue weighted by molar-refractivity contribution is 5.68. The second-order valence-corrected chi connectivity index (χ2v) is 2.13. The number of aliphatic carboxylic acids is 1. The summed E-state index contributed by atoms with van der Waals surface area (Å²) < 4.78 is 1.58. The molecule has 54 valence electrons. The van der Waals surface area contributed by atoms with Crippen molar-refractivity contribution in [2.75, 3.05) is 0 Å². The van der Waals surface area contributed by atoms with Crippen LogP contribution in [0.4, 0.5) is 0 Å². The van der Waals surface area contributed by atoms with Crippen LogP contribution in [0.25, 0.3) is 0 Å². The Morgan fingerprint density at radius 2 is 2.00 bits per heavy atom. The van der Waals surface area contributed by atoms with E-state index in [1.54, 1.807) is 36.0 Å². The monoisotopic (exact) mass is 138 g/mol.